The molecule has 0 amide bonds. The third-order valence-electron chi connectivity index (χ3n) is 2.44. The molecule has 0 nitrogen and oxygen atoms in total. The van der Waals surface area contributed by atoms with Crippen molar-refractivity contribution in [3.8, 4) is 0 Å². The Morgan fingerprint density at radius 2 is 2.17 bits per heavy atom. The molecule has 0 aromatic heterocycles. The van der Waals surface area contributed by atoms with Gasteiger partial charge in [-0.1, -0.05) is 28.1 Å². The summed E-state index contributed by atoms with van der Waals surface area (Å²) < 4.78 is 13.5. The normalized spacial score (nSPS) is 14.8. The van der Waals surface area contributed by atoms with Gasteiger partial charge in [-0.3, -0.25) is 0 Å². The second-order valence-electron chi connectivity index (χ2n) is 3.16. The summed E-state index contributed by atoms with van der Waals surface area (Å²) in [6.07, 6.45) is 3.08. The zero-order chi connectivity index (χ0) is 8.55. The zero-order valence-electron chi connectivity index (χ0n) is 6.74. The summed E-state index contributed by atoms with van der Waals surface area (Å²) in [5.41, 5.74) is 2.94. The van der Waals surface area contributed by atoms with Gasteiger partial charge in [0.1, 0.15) is 5.82 Å². The second kappa shape index (κ2) is 3.17. The quantitative estimate of drug-likeness (QED) is 0.648. The van der Waals surface area contributed by atoms with Crippen LogP contribution in [0.1, 0.15) is 23.1 Å². The molecule has 0 heterocycles. The lowest BCUT2D eigenvalue weighted by Crippen LogP contribution is -1.93. The van der Waals surface area contributed by atoms with Crippen LogP contribution < -0.4 is 0 Å². The minimum Gasteiger partial charge on any atom is -0.206 e. The van der Waals surface area contributed by atoms with Crippen molar-refractivity contribution in [1.29, 1.82) is 0 Å². The Labute approximate surface area is 79.9 Å². The highest BCUT2D eigenvalue weighted by Gasteiger charge is 2.16. The summed E-state index contributed by atoms with van der Waals surface area (Å²) in [7, 11) is 0. The molecule has 1 aliphatic carbocycles. The van der Waals surface area contributed by atoms with Gasteiger partial charge in [-0.05, 0) is 36.0 Å². The van der Waals surface area contributed by atoms with Crippen LogP contribution in [0, 0.1) is 5.82 Å². The van der Waals surface area contributed by atoms with Crippen LogP contribution in [0.25, 0.3) is 0 Å². The lowest BCUT2D eigenvalue weighted by Gasteiger charge is -2.04. The SMILES string of the molecule is Fc1c(CBr)ccc2c1CCC2. The highest BCUT2D eigenvalue weighted by Crippen LogP contribution is 2.27. The Balaban J connectivity index is 2.54. The first-order valence-corrected chi connectivity index (χ1v) is 5.30. The summed E-state index contributed by atoms with van der Waals surface area (Å²) in [6.45, 7) is 0. The van der Waals surface area contributed by atoms with Crippen LogP contribution in [0.4, 0.5) is 4.39 Å². The molecule has 1 aliphatic rings. The van der Waals surface area contributed by atoms with Crippen molar-refractivity contribution in [1.82, 2.24) is 0 Å². The first kappa shape index (κ1) is 8.24. The number of fused-ring (bicyclic) bond motifs is 1. The Morgan fingerprint density at radius 3 is 2.92 bits per heavy atom. The third kappa shape index (κ3) is 1.18. The van der Waals surface area contributed by atoms with Crippen LogP contribution >= 0.6 is 15.9 Å². The molecular formula is C10H10BrF. The van der Waals surface area contributed by atoms with E-state index < -0.39 is 0 Å². The largest absolute Gasteiger partial charge is 0.206 e. The third-order valence-corrected chi connectivity index (χ3v) is 3.04. The first-order chi connectivity index (χ1) is 5.83. The molecule has 0 bridgehead atoms. The number of hydrogen-bond acceptors (Lipinski definition) is 0. The van der Waals surface area contributed by atoms with Gasteiger partial charge in [-0.2, -0.15) is 0 Å². The molecule has 64 valence electrons. The minimum atomic E-state index is 0.0156. The fraction of sp³-hybridized carbons (Fsp3) is 0.400. The van der Waals surface area contributed by atoms with Gasteiger partial charge in [0.25, 0.3) is 0 Å². The number of halogens is 2. The van der Waals surface area contributed by atoms with Gasteiger partial charge < -0.3 is 0 Å². The fourth-order valence-electron chi connectivity index (χ4n) is 1.77. The fourth-order valence-corrected chi connectivity index (χ4v) is 2.21. The van der Waals surface area contributed by atoms with Crippen LogP contribution in [0.3, 0.4) is 0 Å². The molecule has 2 rings (SSSR count). The predicted octanol–water partition coefficient (Wildman–Crippen LogP) is 3.21. The van der Waals surface area contributed by atoms with Gasteiger partial charge >= 0.3 is 0 Å². The molecule has 1 aromatic carbocycles. The Hall–Kier alpha value is -0.370. The molecule has 2 heteroatoms. The summed E-state index contributed by atoms with van der Waals surface area (Å²) in [5.74, 6) is 0.0156. The molecule has 0 fully saturated rings. The summed E-state index contributed by atoms with van der Waals surface area (Å²) in [5, 5.41) is 0.617. The lowest BCUT2D eigenvalue weighted by atomic mass is 10.1. The molecule has 1 aromatic rings. The van der Waals surface area contributed by atoms with Crippen LogP contribution in [0.15, 0.2) is 12.1 Å². The monoisotopic (exact) mass is 228 g/mol. The number of rotatable bonds is 1. The van der Waals surface area contributed by atoms with Gasteiger partial charge in [0.15, 0.2) is 0 Å². The van der Waals surface area contributed by atoms with Gasteiger partial charge in [0, 0.05) is 5.33 Å². The first-order valence-electron chi connectivity index (χ1n) is 4.18. The molecule has 0 aliphatic heterocycles. The Bertz CT molecular complexity index is 307. The van der Waals surface area contributed by atoms with E-state index >= 15 is 0 Å². The van der Waals surface area contributed by atoms with Crippen molar-refractivity contribution in [2.24, 2.45) is 0 Å². The van der Waals surface area contributed by atoms with Crippen molar-refractivity contribution < 1.29 is 4.39 Å². The van der Waals surface area contributed by atoms with Gasteiger partial charge in [-0.15, -0.1) is 0 Å². The van der Waals surface area contributed by atoms with Crippen LogP contribution in [-0.4, -0.2) is 0 Å². The number of aryl methyl sites for hydroxylation is 1. The lowest BCUT2D eigenvalue weighted by molar-refractivity contribution is 0.603. The average Bonchev–Trinajstić information content (AvgIpc) is 2.53. The van der Waals surface area contributed by atoms with Gasteiger partial charge in [-0.25, -0.2) is 4.39 Å². The molecule has 0 saturated heterocycles. The van der Waals surface area contributed by atoms with E-state index in [2.05, 4.69) is 22.0 Å². The van der Waals surface area contributed by atoms with E-state index in [4.69, 9.17) is 0 Å². The molecule has 0 unspecified atom stereocenters. The molecule has 0 N–H and O–H groups in total. The zero-order valence-corrected chi connectivity index (χ0v) is 8.33. The topological polar surface area (TPSA) is 0 Å². The van der Waals surface area contributed by atoms with Gasteiger partial charge in [0.05, 0.1) is 0 Å². The van der Waals surface area contributed by atoms with E-state index in [0.29, 0.717) is 5.33 Å². The van der Waals surface area contributed by atoms with Crippen molar-refractivity contribution in [3.63, 3.8) is 0 Å². The van der Waals surface area contributed by atoms with E-state index in [1.807, 2.05) is 6.07 Å². The van der Waals surface area contributed by atoms with E-state index in [1.165, 1.54) is 5.56 Å². The van der Waals surface area contributed by atoms with Crippen LogP contribution in [0.2, 0.25) is 0 Å². The summed E-state index contributed by atoms with van der Waals surface area (Å²) >= 11 is 3.28. The average molecular weight is 229 g/mol. The van der Waals surface area contributed by atoms with Crippen LogP contribution in [0.5, 0.6) is 0 Å². The molecule has 0 saturated carbocycles. The van der Waals surface area contributed by atoms with E-state index in [9.17, 15) is 4.39 Å². The standard InChI is InChI=1S/C10H10BrF/c11-6-8-5-4-7-2-1-3-9(7)10(8)12/h4-5H,1-3,6H2. The van der Waals surface area contributed by atoms with Crippen molar-refractivity contribution in [2.45, 2.75) is 24.6 Å². The molecule has 12 heavy (non-hydrogen) atoms. The smallest absolute Gasteiger partial charge is 0.130 e. The van der Waals surface area contributed by atoms with Gasteiger partial charge in [0.2, 0.25) is 0 Å². The molecule has 0 atom stereocenters. The highest BCUT2D eigenvalue weighted by atomic mass is 79.9. The maximum absolute atomic E-state index is 13.5. The highest BCUT2D eigenvalue weighted by molar-refractivity contribution is 9.08. The molecular weight excluding hydrogens is 219 g/mol. The van der Waals surface area contributed by atoms with Crippen molar-refractivity contribution in [2.75, 3.05) is 0 Å². The molecule has 0 spiro atoms. The molecule has 0 radical (unpaired) electrons. The van der Waals surface area contributed by atoms with E-state index in [0.717, 1.165) is 30.4 Å². The maximum atomic E-state index is 13.5. The minimum absolute atomic E-state index is 0.0156. The summed E-state index contributed by atoms with van der Waals surface area (Å²) in [6, 6.07) is 3.94. The summed E-state index contributed by atoms with van der Waals surface area (Å²) in [4.78, 5) is 0. The van der Waals surface area contributed by atoms with Crippen molar-refractivity contribution >= 4 is 15.9 Å². The maximum Gasteiger partial charge on any atom is 0.130 e. The van der Waals surface area contributed by atoms with E-state index in [1.54, 1.807) is 0 Å². The number of hydrogen-bond donors (Lipinski definition) is 0. The number of benzene rings is 1. The Morgan fingerprint density at radius 1 is 1.33 bits per heavy atom. The Kier molecular flexibility index (Phi) is 2.18. The number of alkyl halides is 1. The predicted molar refractivity (Wildman–Crippen MR) is 51.1 cm³/mol. The van der Waals surface area contributed by atoms with E-state index in [-0.39, 0.29) is 5.82 Å². The van der Waals surface area contributed by atoms with Crippen LogP contribution in [-0.2, 0) is 18.2 Å². The van der Waals surface area contributed by atoms with Crippen molar-refractivity contribution in [3.05, 3.63) is 34.6 Å². The second-order valence-corrected chi connectivity index (χ2v) is 3.72.